The van der Waals surface area contributed by atoms with Crippen LogP contribution in [0.1, 0.15) is 15.8 Å². The topological polar surface area (TPSA) is 33.2 Å². The van der Waals surface area contributed by atoms with Gasteiger partial charge in [0.2, 0.25) is 5.91 Å². The molecular weight excluding hydrogens is 264 g/mol. The maximum absolute atomic E-state index is 12.0. The Morgan fingerprint density at radius 2 is 2.17 bits per heavy atom. The number of thioether (sulfide) groups is 1. The highest BCUT2D eigenvalue weighted by atomic mass is 32.2. The van der Waals surface area contributed by atoms with E-state index in [4.69, 9.17) is 0 Å². The fourth-order valence-electron chi connectivity index (χ4n) is 1.98. The molecule has 0 saturated carbocycles. The number of aromatic nitrogens is 1. The molecule has 2 aromatic rings. The van der Waals surface area contributed by atoms with E-state index in [2.05, 4.69) is 16.4 Å². The quantitative estimate of drug-likeness (QED) is 0.864. The molecule has 1 fully saturated rings. The number of thiophene rings is 1. The Kier molecular flexibility index (Phi) is 3.34. The predicted molar refractivity (Wildman–Crippen MR) is 74.3 cm³/mol. The van der Waals surface area contributed by atoms with Crippen LogP contribution in [-0.4, -0.2) is 21.5 Å². The normalized spacial score (nSPS) is 19.4. The zero-order valence-corrected chi connectivity index (χ0v) is 11.3. The Balaban J connectivity index is 1.82. The van der Waals surface area contributed by atoms with Gasteiger partial charge < -0.3 is 4.90 Å². The van der Waals surface area contributed by atoms with Crippen LogP contribution in [0.4, 0.5) is 0 Å². The zero-order valence-electron chi connectivity index (χ0n) is 9.65. The van der Waals surface area contributed by atoms with Gasteiger partial charge in [-0.25, -0.2) is 0 Å². The van der Waals surface area contributed by atoms with Crippen LogP contribution in [0.3, 0.4) is 0 Å². The van der Waals surface area contributed by atoms with Crippen molar-refractivity contribution >= 4 is 29.0 Å². The molecule has 0 aromatic carbocycles. The molecule has 1 unspecified atom stereocenters. The van der Waals surface area contributed by atoms with Crippen LogP contribution in [0.5, 0.6) is 0 Å². The summed E-state index contributed by atoms with van der Waals surface area (Å²) in [6.07, 6.45) is 3.53. The van der Waals surface area contributed by atoms with Crippen molar-refractivity contribution < 1.29 is 4.79 Å². The average molecular weight is 276 g/mol. The third-order valence-electron chi connectivity index (χ3n) is 2.86. The number of hydrogen-bond donors (Lipinski definition) is 0. The average Bonchev–Trinajstić information content (AvgIpc) is 3.02. The van der Waals surface area contributed by atoms with Crippen molar-refractivity contribution in [2.24, 2.45) is 0 Å². The summed E-state index contributed by atoms with van der Waals surface area (Å²) in [5.74, 6) is 0.795. The summed E-state index contributed by atoms with van der Waals surface area (Å²) in [5.41, 5.74) is 1.13. The third-order valence-corrected chi connectivity index (χ3v) is 5.17. The fraction of sp³-hybridized carbons (Fsp3) is 0.231. The van der Waals surface area contributed by atoms with Crippen molar-refractivity contribution in [3.05, 3.63) is 52.5 Å². The van der Waals surface area contributed by atoms with E-state index in [1.807, 2.05) is 23.1 Å². The summed E-state index contributed by atoms with van der Waals surface area (Å²) in [6.45, 7) is 0.664. The van der Waals surface area contributed by atoms with E-state index in [1.54, 1.807) is 35.5 Å². The number of rotatable bonds is 3. The number of amides is 1. The molecule has 0 bridgehead atoms. The van der Waals surface area contributed by atoms with Crippen molar-refractivity contribution in [3.63, 3.8) is 0 Å². The van der Waals surface area contributed by atoms with Gasteiger partial charge in [0.05, 0.1) is 5.75 Å². The molecule has 0 spiro atoms. The number of pyridine rings is 1. The molecule has 3 nitrogen and oxygen atoms in total. The maximum atomic E-state index is 12.0. The molecule has 1 saturated heterocycles. The molecule has 92 valence electrons. The number of nitrogens with zero attached hydrogens (tertiary/aromatic N) is 2. The second kappa shape index (κ2) is 5.12. The SMILES string of the molecule is O=C1CSC(c2cccs2)N1Cc1ccncc1. The first kappa shape index (κ1) is 11.7. The van der Waals surface area contributed by atoms with Crippen LogP contribution in [-0.2, 0) is 11.3 Å². The Morgan fingerprint density at radius 3 is 2.89 bits per heavy atom. The molecule has 18 heavy (non-hydrogen) atoms. The molecule has 0 N–H and O–H groups in total. The van der Waals surface area contributed by atoms with Gasteiger partial charge in [0.15, 0.2) is 0 Å². The summed E-state index contributed by atoms with van der Waals surface area (Å²) in [6, 6.07) is 8.05. The molecule has 1 aliphatic rings. The van der Waals surface area contributed by atoms with E-state index in [0.717, 1.165) is 5.56 Å². The fourth-order valence-corrected chi connectivity index (χ4v) is 4.14. The lowest BCUT2D eigenvalue weighted by Crippen LogP contribution is -2.27. The summed E-state index contributed by atoms with van der Waals surface area (Å²) >= 11 is 3.42. The highest BCUT2D eigenvalue weighted by Crippen LogP contribution is 2.41. The standard InChI is InChI=1S/C13H12N2OS2/c16-12-9-18-13(11-2-1-7-17-11)15(12)8-10-3-5-14-6-4-10/h1-7,13H,8-9H2. The monoisotopic (exact) mass is 276 g/mol. The van der Waals surface area contributed by atoms with Crippen molar-refractivity contribution in [1.82, 2.24) is 9.88 Å². The van der Waals surface area contributed by atoms with Gasteiger partial charge in [-0.3, -0.25) is 9.78 Å². The maximum Gasteiger partial charge on any atom is 0.234 e. The van der Waals surface area contributed by atoms with Crippen LogP contribution in [0, 0.1) is 0 Å². The Morgan fingerprint density at radius 1 is 1.33 bits per heavy atom. The smallest absolute Gasteiger partial charge is 0.234 e. The van der Waals surface area contributed by atoms with Gasteiger partial charge in [-0.1, -0.05) is 6.07 Å². The first-order valence-electron chi connectivity index (χ1n) is 5.68. The van der Waals surface area contributed by atoms with E-state index >= 15 is 0 Å². The van der Waals surface area contributed by atoms with Crippen molar-refractivity contribution in [2.75, 3.05) is 5.75 Å². The first-order chi connectivity index (χ1) is 8.84. The van der Waals surface area contributed by atoms with Gasteiger partial charge in [-0.15, -0.1) is 23.1 Å². The van der Waals surface area contributed by atoms with E-state index in [-0.39, 0.29) is 11.3 Å². The summed E-state index contributed by atoms with van der Waals surface area (Å²) in [4.78, 5) is 19.2. The molecule has 2 aromatic heterocycles. The third kappa shape index (κ3) is 2.28. The van der Waals surface area contributed by atoms with Crippen LogP contribution >= 0.6 is 23.1 Å². The lowest BCUT2D eigenvalue weighted by molar-refractivity contribution is -0.128. The van der Waals surface area contributed by atoms with E-state index in [9.17, 15) is 4.79 Å². The van der Waals surface area contributed by atoms with Crippen LogP contribution < -0.4 is 0 Å². The lowest BCUT2D eigenvalue weighted by Gasteiger charge is -2.23. The van der Waals surface area contributed by atoms with E-state index in [1.165, 1.54) is 4.88 Å². The highest BCUT2D eigenvalue weighted by Gasteiger charge is 2.33. The minimum Gasteiger partial charge on any atom is -0.321 e. The number of carbonyl (C=O) groups excluding carboxylic acids is 1. The second-order valence-corrected chi connectivity index (χ2v) is 6.10. The molecule has 0 aliphatic carbocycles. The number of hydrogen-bond acceptors (Lipinski definition) is 4. The van der Waals surface area contributed by atoms with E-state index in [0.29, 0.717) is 12.3 Å². The summed E-state index contributed by atoms with van der Waals surface area (Å²) in [5, 5.41) is 2.23. The van der Waals surface area contributed by atoms with Gasteiger partial charge in [0.1, 0.15) is 5.37 Å². The van der Waals surface area contributed by atoms with Gasteiger partial charge >= 0.3 is 0 Å². The minimum absolute atomic E-state index is 0.172. The highest BCUT2D eigenvalue weighted by molar-refractivity contribution is 8.00. The molecule has 0 radical (unpaired) electrons. The molecule has 3 heterocycles. The number of carbonyl (C=O) groups is 1. The molecule has 5 heteroatoms. The van der Waals surface area contributed by atoms with Crippen molar-refractivity contribution in [1.29, 1.82) is 0 Å². The van der Waals surface area contributed by atoms with Crippen LogP contribution in [0.2, 0.25) is 0 Å². The summed E-state index contributed by atoms with van der Waals surface area (Å²) in [7, 11) is 0. The lowest BCUT2D eigenvalue weighted by atomic mass is 10.2. The van der Waals surface area contributed by atoms with Gasteiger partial charge in [-0.05, 0) is 29.1 Å². The second-order valence-electron chi connectivity index (χ2n) is 4.06. The molecule has 1 aliphatic heterocycles. The summed E-state index contributed by atoms with van der Waals surface area (Å²) < 4.78 is 0. The van der Waals surface area contributed by atoms with Gasteiger partial charge in [-0.2, -0.15) is 0 Å². The van der Waals surface area contributed by atoms with Gasteiger partial charge in [0.25, 0.3) is 0 Å². The molecule has 3 rings (SSSR count). The van der Waals surface area contributed by atoms with Crippen LogP contribution in [0.25, 0.3) is 0 Å². The van der Waals surface area contributed by atoms with E-state index < -0.39 is 0 Å². The van der Waals surface area contributed by atoms with Gasteiger partial charge in [0, 0.05) is 23.8 Å². The Bertz CT molecular complexity index is 527. The van der Waals surface area contributed by atoms with Crippen LogP contribution in [0.15, 0.2) is 42.0 Å². The first-order valence-corrected chi connectivity index (χ1v) is 7.61. The van der Waals surface area contributed by atoms with Crippen molar-refractivity contribution in [3.8, 4) is 0 Å². The molecular formula is C13H12N2OS2. The molecule has 1 amide bonds. The minimum atomic E-state index is 0.172. The Hall–Kier alpha value is -1.33. The Labute approximate surface area is 114 Å². The molecule has 1 atom stereocenters. The zero-order chi connectivity index (χ0) is 12.4. The largest absolute Gasteiger partial charge is 0.321 e. The predicted octanol–water partition coefficient (Wildman–Crippen LogP) is 2.92. The van der Waals surface area contributed by atoms with Crippen molar-refractivity contribution in [2.45, 2.75) is 11.9 Å².